The van der Waals surface area contributed by atoms with Gasteiger partial charge >= 0.3 is 11.9 Å². The Kier molecular flexibility index (Phi) is 3.04. The van der Waals surface area contributed by atoms with E-state index in [-0.39, 0.29) is 29.1 Å². The Balaban J connectivity index is 2.54. The van der Waals surface area contributed by atoms with Crippen LogP contribution in [0.25, 0.3) is 0 Å². The van der Waals surface area contributed by atoms with Gasteiger partial charge in [0.05, 0.1) is 23.2 Å². The van der Waals surface area contributed by atoms with Crippen molar-refractivity contribution in [3.8, 4) is 0 Å². The van der Waals surface area contributed by atoms with E-state index >= 15 is 0 Å². The molecule has 1 aromatic carbocycles. The SMILES string of the molecule is CC1=NN(c2cc(C(=O)O)cc(C(=O)O)c2)C(=O)C1. The summed E-state index contributed by atoms with van der Waals surface area (Å²) in [5.41, 5.74) is 0.312. The zero-order valence-electron chi connectivity index (χ0n) is 9.95. The van der Waals surface area contributed by atoms with Gasteiger partial charge in [0.2, 0.25) is 0 Å². The Morgan fingerprint density at radius 1 is 1.16 bits per heavy atom. The molecule has 1 amide bonds. The number of anilines is 1. The highest BCUT2D eigenvalue weighted by molar-refractivity contribution is 6.12. The van der Waals surface area contributed by atoms with Gasteiger partial charge in [-0.25, -0.2) is 14.6 Å². The van der Waals surface area contributed by atoms with Gasteiger partial charge in [-0.3, -0.25) is 4.79 Å². The summed E-state index contributed by atoms with van der Waals surface area (Å²) < 4.78 is 0. The fourth-order valence-electron chi connectivity index (χ4n) is 1.74. The minimum atomic E-state index is -1.27. The van der Waals surface area contributed by atoms with Crippen molar-refractivity contribution >= 4 is 29.2 Å². The van der Waals surface area contributed by atoms with Crippen LogP contribution in [0.3, 0.4) is 0 Å². The van der Waals surface area contributed by atoms with E-state index in [9.17, 15) is 14.4 Å². The van der Waals surface area contributed by atoms with Crippen molar-refractivity contribution in [2.45, 2.75) is 13.3 Å². The molecule has 2 N–H and O–H groups in total. The van der Waals surface area contributed by atoms with Gasteiger partial charge in [-0.1, -0.05) is 0 Å². The molecule has 0 unspecified atom stereocenters. The Labute approximate surface area is 107 Å². The molecular formula is C12H10N2O5. The van der Waals surface area contributed by atoms with E-state index in [4.69, 9.17) is 10.2 Å². The maximum absolute atomic E-state index is 11.7. The van der Waals surface area contributed by atoms with Crippen LogP contribution in [0.15, 0.2) is 23.3 Å². The number of hydrazone groups is 1. The van der Waals surface area contributed by atoms with Crippen LogP contribution in [0.5, 0.6) is 0 Å². The number of hydrogen-bond acceptors (Lipinski definition) is 4. The molecule has 0 saturated carbocycles. The molecule has 0 aromatic heterocycles. The van der Waals surface area contributed by atoms with Crippen LogP contribution in [0.2, 0.25) is 0 Å². The van der Waals surface area contributed by atoms with Gasteiger partial charge < -0.3 is 10.2 Å². The maximum atomic E-state index is 11.7. The van der Waals surface area contributed by atoms with Crippen LogP contribution < -0.4 is 5.01 Å². The largest absolute Gasteiger partial charge is 0.478 e. The molecule has 7 nitrogen and oxygen atoms in total. The Hall–Kier alpha value is -2.70. The minimum absolute atomic E-state index is 0.138. The molecule has 7 heteroatoms. The number of carboxylic acids is 2. The third-order valence-electron chi connectivity index (χ3n) is 2.57. The van der Waals surface area contributed by atoms with Crippen molar-refractivity contribution < 1.29 is 24.6 Å². The van der Waals surface area contributed by atoms with Crippen molar-refractivity contribution in [1.82, 2.24) is 0 Å². The van der Waals surface area contributed by atoms with E-state index in [0.717, 1.165) is 11.1 Å². The highest BCUT2D eigenvalue weighted by Gasteiger charge is 2.24. The third kappa shape index (κ3) is 2.44. The molecule has 0 fully saturated rings. The predicted molar refractivity (Wildman–Crippen MR) is 65.6 cm³/mol. The molecule has 0 bridgehead atoms. The van der Waals surface area contributed by atoms with Crippen LogP contribution in [0.1, 0.15) is 34.1 Å². The first-order valence-electron chi connectivity index (χ1n) is 5.37. The summed E-state index contributed by atoms with van der Waals surface area (Å²) in [6.07, 6.45) is 0.139. The predicted octanol–water partition coefficient (Wildman–Crippen LogP) is 1.20. The lowest BCUT2D eigenvalue weighted by molar-refractivity contribution is -0.116. The monoisotopic (exact) mass is 262 g/mol. The molecule has 0 saturated heterocycles. The number of benzene rings is 1. The standard InChI is InChI=1S/C12H10N2O5/c1-6-2-10(15)14(13-6)9-4-7(11(16)17)3-8(5-9)12(18)19/h3-5H,2H2,1H3,(H,16,17)(H,18,19). The van der Waals surface area contributed by atoms with Crippen molar-refractivity contribution in [1.29, 1.82) is 0 Å². The lowest BCUT2D eigenvalue weighted by Gasteiger charge is -2.13. The fourth-order valence-corrected chi connectivity index (χ4v) is 1.74. The number of rotatable bonds is 3. The highest BCUT2D eigenvalue weighted by Crippen LogP contribution is 2.24. The Morgan fingerprint density at radius 3 is 2.05 bits per heavy atom. The summed E-state index contributed by atoms with van der Waals surface area (Å²) in [6.45, 7) is 1.66. The van der Waals surface area contributed by atoms with Crippen LogP contribution >= 0.6 is 0 Å². The number of aromatic carboxylic acids is 2. The summed E-state index contributed by atoms with van der Waals surface area (Å²) in [5, 5.41) is 22.9. The number of nitrogens with zero attached hydrogens (tertiary/aromatic N) is 2. The van der Waals surface area contributed by atoms with Gasteiger partial charge in [0.25, 0.3) is 5.91 Å². The average molecular weight is 262 g/mol. The van der Waals surface area contributed by atoms with Gasteiger partial charge in [0.15, 0.2) is 0 Å². The van der Waals surface area contributed by atoms with Gasteiger partial charge in [-0.05, 0) is 25.1 Å². The molecule has 0 aliphatic carbocycles. The molecule has 0 radical (unpaired) electrons. The molecule has 1 heterocycles. The number of carbonyl (C=O) groups is 3. The molecule has 19 heavy (non-hydrogen) atoms. The van der Waals surface area contributed by atoms with Crippen molar-refractivity contribution in [2.24, 2.45) is 5.10 Å². The fraction of sp³-hybridized carbons (Fsp3) is 0.167. The third-order valence-corrected chi connectivity index (χ3v) is 2.57. The first kappa shape index (κ1) is 12.7. The number of carbonyl (C=O) groups excluding carboxylic acids is 1. The van der Waals surface area contributed by atoms with Crippen LogP contribution in [-0.4, -0.2) is 33.8 Å². The molecular weight excluding hydrogens is 252 g/mol. The molecule has 0 atom stereocenters. The number of carboxylic acid groups (broad SMARTS) is 2. The summed E-state index contributed by atoms with van der Waals surface area (Å²) in [4.78, 5) is 33.6. The second-order valence-electron chi connectivity index (χ2n) is 4.10. The zero-order valence-corrected chi connectivity index (χ0v) is 9.95. The molecule has 0 spiro atoms. The lowest BCUT2D eigenvalue weighted by Crippen LogP contribution is -2.20. The quantitative estimate of drug-likeness (QED) is 0.850. The lowest BCUT2D eigenvalue weighted by atomic mass is 10.1. The van der Waals surface area contributed by atoms with Crippen molar-refractivity contribution in [3.05, 3.63) is 29.3 Å². The second-order valence-corrected chi connectivity index (χ2v) is 4.10. The molecule has 98 valence electrons. The van der Waals surface area contributed by atoms with Crippen molar-refractivity contribution in [2.75, 3.05) is 5.01 Å². The van der Waals surface area contributed by atoms with Crippen LogP contribution in [-0.2, 0) is 4.79 Å². The van der Waals surface area contributed by atoms with Crippen LogP contribution in [0.4, 0.5) is 5.69 Å². The maximum Gasteiger partial charge on any atom is 0.335 e. The van der Waals surface area contributed by atoms with Gasteiger partial charge in [-0.2, -0.15) is 5.10 Å². The molecule has 1 aliphatic rings. The average Bonchev–Trinajstić information content (AvgIpc) is 2.67. The first-order chi connectivity index (χ1) is 8.88. The van der Waals surface area contributed by atoms with E-state index in [1.54, 1.807) is 6.92 Å². The van der Waals surface area contributed by atoms with Gasteiger partial charge in [0.1, 0.15) is 0 Å². The minimum Gasteiger partial charge on any atom is -0.478 e. The summed E-state index contributed by atoms with van der Waals surface area (Å²) in [6, 6.07) is 3.47. The molecule has 1 aliphatic heterocycles. The first-order valence-corrected chi connectivity index (χ1v) is 5.37. The Morgan fingerprint density at radius 2 is 1.68 bits per heavy atom. The van der Waals surface area contributed by atoms with E-state index in [1.165, 1.54) is 12.1 Å². The molecule has 2 rings (SSSR count). The molecule has 1 aromatic rings. The second kappa shape index (κ2) is 4.52. The van der Waals surface area contributed by atoms with Gasteiger partial charge in [-0.15, -0.1) is 0 Å². The highest BCUT2D eigenvalue weighted by atomic mass is 16.4. The number of amides is 1. The zero-order chi connectivity index (χ0) is 14.2. The smallest absolute Gasteiger partial charge is 0.335 e. The normalized spacial score (nSPS) is 14.5. The summed E-state index contributed by atoms with van der Waals surface area (Å²) in [7, 11) is 0. The van der Waals surface area contributed by atoms with E-state index in [1.807, 2.05) is 0 Å². The topological polar surface area (TPSA) is 107 Å². The number of hydrogen-bond donors (Lipinski definition) is 2. The van der Waals surface area contributed by atoms with E-state index in [2.05, 4.69) is 5.10 Å². The summed E-state index contributed by atoms with van der Waals surface area (Å²) >= 11 is 0. The van der Waals surface area contributed by atoms with E-state index < -0.39 is 11.9 Å². The van der Waals surface area contributed by atoms with Crippen LogP contribution in [0, 0.1) is 0 Å². The van der Waals surface area contributed by atoms with Crippen molar-refractivity contribution in [3.63, 3.8) is 0 Å². The Bertz CT molecular complexity index is 588. The van der Waals surface area contributed by atoms with Gasteiger partial charge in [0, 0.05) is 5.71 Å². The van der Waals surface area contributed by atoms with E-state index in [0.29, 0.717) is 5.71 Å². The summed E-state index contributed by atoms with van der Waals surface area (Å²) in [5.74, 6) is -2.86.